The van der Waals surface area contributed by atoms with Gasteiger partial charge in [0.1, 0.15) is 12.3 Å². The van der Waals surface area contributed by atoms with Gasteiger partial charge in [0.2, 0.25) is 0 Å². The first kappa shape index (κ1) is 25.3. The molecule has 1 heterocycles. The Morgan fingerprint density at radius 1 is 1.15 bits per heavy atom. The van der Waals surface area contributed by atoms with Gasteiger partial charge in [-0.1, -0.05) is 29.8 Å². The number of nitrogens with zero attached hydrogens (tertiary/aromatic N) is 1. The van der Waals surface area contributed by atoms with Crippen molar-refractivity contribution in [2.45, 2.75) is 20.8 Å². The molecule has 0 bridgehead atoms. The number of benzene rings is 2. The van der Waals surface area contributed by atoms with Gasteiger partial charge in [-0.05, 0) is 73.5 Å². The number of imide groups is 1. The zero-order valence-corrected chi connectivity index (χ0v) is 20.4. The summed E-state index contributed by atoms with van der Waals surface area (Å²) in [5.41, 5.74) is 3.23. The van der Waals surface area contributed by atoms with E-state index in [4.69, 9.17) is 21.1 Å². The molecular weight excluding hydrogens is 480 g/mol. The fourth-order valence-electron chi connectivity index (χ4n) is 3.05. The maximum atomic E-state index is 12.5. The normalized spacial score (nSPS) is 14.5. The monoisotopic (exact) mass is 502 g/mol. The van der Waals surface area contributed by atoms with Crippen LogP contribution in [0.1, 0.15) is 23.6 Å². The zero-order valence-electron chi connectivity index (χ0n) is 18.8. The van der Waals surface area contributed by atoms with Crippen molar-refractivity contribution in [3.8, 4) is 5.75 Å². The van der Waals surface area contributed by atoms with E-state index >= 15 is 0 Å². The van der Waals surface area contributed by atoms with Crippen molar-refractivity contribution < 1.29 is 28.7 Å². The minimum absolute atomic E-state index is 0.158. The number of nitrogens with one attached hydrogen (secondary N) is 1. The molecule has 0 spiro atoms. The number of carbonyl (C=O) groups excluding carboxylic acids is 4. The third-order valence-corrected chi connectivity index (χ3v) is 5.95. The van der Waals surface area contributed by atoms with Crippen molar-refractivity contribution in [3.05, 3.63) is 63.0 Å². The molecule has 3 rings (SSSR count). The molecule has 0 aromatic heterocycles. The number of ether oxygens (including phenoxy) is 2. The molecule has 2 aromatic carbocycles. The molecule has 8 nitrogen and oxygen atoms in total. The predicted octanol–water partition coefficient (Wildman–Crippen LogP) is 4.57. The first-order chi connectivity index (χ1) is 16.2. The predicted molar refractivity (Wildman–Crippen MR) is 131 cm³/mol. The van der Waals surface area contributed by atoms with Gasteiger partial charge in [-0.2, -0.15) is 0 Å². The van der Waals surface area contributed by atoms with Crippen LogP contribution in [0, 0.1) is 13.8 Å². The van der Waals surface area contributed by atoms with Gasteiger partial charge in [0.15, 0.2) is 6.61 Å². The molecule has 0 unspecified atom stereocenters. The first-order valence-electron chi connectivity index (χ1n) is 10.4. The largest absolute Gasteiger partial charge is 0.482 e. The van der Waals surface area contributed by atoms with Crippen LogP contribution in [0.2, 0.25) is 5.02 Å². The van der Waals surface area contributed by atoms with Crippen LogP contribution in [0.5, 0.6) is 5.75 Å². The second-order valence-electron chi connectivity index (χ2n) is 7.42. The number of esters is 1. The number of amides is 3. The molecule has 2 aromatic rings. The van der Waals surface area contributed by atoms with Crippen molar-refractivity contribution >= 4 is 58.1 Å². The average Bonchev–Trinajstić information content (AvgIpc) is 3.03. The first-order valence-corrected chi connectivity index (χ1v) is 11.6. The maximum Gasteiger partial charge on any atom is 0.326 e. The number of thioether (sulfide) groups is 1. The lowest BCUT2D eigenvalue weighted by molar-refractivity contribution is -0.146. The Kier molecular flexibility index (Phi) is 8.36. The van der Waals surface area contributed by atoms with E-state index in [1.165, 1.54) is 6.08 Å². The quantitative estimate of drug-likeness (QED) is 0.416. The number of rotatable bonds is 8. The van der Waals surface area contributed by atoms with Crippen LogP contribution in [0.15, 0.2) is 41.3 Å². The van der Waals surface area contributed by atoms with Crippen LogP contribution >= 0.6 is 23.4 Å². The average molecular weight is 503 g/mol. The Hall–Kier alpha value is -3.30. The molecule has 0 aliphatic carbocycles. The van der Waals surface area contributed by atoms with Crippen molar-refractivity contribution in [3.63, 3.8) is 0 Å². The molecule has 178 valence electrons. The summed E-state index contributed by atoms with van der Waals surface area (Å²) in [4.78, 5) is 49.5. The molecule has 0 atom stereocenters. The number of halogens is 1. The van der Waals surface area contributed by atoms with Crippen LogP contribution in [-0.2, 0) is 19.1 Å². The van der Waals surface area contributed by atoms with Crippen molar-refractivity contribution in [1.29, 1.82) is 0 Å². The van der Waals surface area contributed by atoms with Crippen LogP contribution < -0.4 is 10.1 Å². The summed E-state index contributed by atoms with van der Waals surface area (Å²) in [5, 5.41) is 2.49. The summed E-state index contributed by atoms with van der Waals surface area (Å²) in [5.74, 6) is -1.27. The highest BCUT2D eigenvalue weighted by Gasteiger charge is 2.36. The Labute approximate surface area is 206 Å². The number of carbonyl (C=O) groups is 4. The summed E-state index contributed by atoms with van der Waals surface area (Å²) in [6.45, 7) is 4.96. The van der Waals surface area contributed by atoms with Crippen LogP contribution in [-0.4, -0.2) is 47.7 Å². The van der Waals surface area contributed by atoms with Gasteiger partial charge in [-0.15, -0.1) is 0 Å². The molecule has 3 amide bonds. The third kappa shape index (κ3) is 6.39. The summed E-state index contributed by atoms with van der Waals surface area (Å²) in [7, 11) is 0. The van der Waals surface area contributed by atoms with E-state index < -0.39 is 23.7 Å². The van der Waals surface area contributed by atoms with E-state index in [1.807, 2.05) is 32.0 Å². The van der Waals surface area contributed by atoms with Crippen molar-refractivity contribution in [2.75, 3.05) is 25.1 Å². The Morgan fingerprint density at radius 2 is 1.91 bits per heavy atom. The summed E-state index contributed by atoms with van der Waals surface area (Å²) < 4.78 is 10.3. The number of anilines is 1. The van der Waals surface area contributed by atoms with Crippen LogP contribution in [0.4, 0.5) is 10.5 Å². The van der Waals surface area contributed by atoms with E-state index in [0.29, 0.717) is 17.0 Å². The van der Waals surface area contributed by atoms with E-state index in [1.54, 1.807) is 25.1 Å². The van der Waals surface area contributed by atoms with Gasteiger partial charge in [0.25, 0.3) is 17.1 Å². The Balaban J connectivity index is 1.62. The lowest BCUT2D eigenvalue weighted by atomic mass is 10.1. The van der Waals surface area contributed by atoms with E-state index in [9.17, 15) is 19.2 Å². The maximum absolute atomic E-state index is 12.5. The standard InChI is InChI=1S/C24H23ClN2O6S/c1-4-32-22(29)12-27-23(30)20(34-24(27)31)11-16-7-8-19(17(25)10-16)33-13-21(28)26-18-9-14(2)5-6-15(18)3/h5-11H,4,12-13H2,1-3H3,(H,26,28)/b20-11-. The van der Waals surface area contributed by atoms with Crippen molar-refractivity contribution in [1.82, 2.24) is 4.90 Å². The van der Waals surface area contributed by atoms with E-state index in [0.717, 1.165) is 27.8 Å². The molecule has 1 aliphatic heterocycles. The Morgan fingerprint density at radius 3 is 2.62 bits per heavy atom. The van der Waals surface area contributed by atoms with Gasteiger partial charge < -0.3 is 14.8 Å². The fourth-order valence-corrected chi connectivity index (χ4v) is 4.13. The van der Waals surface area contributed by atoms with Gasteiger partial charge >= 0.3 is 5.97 Å². The number of hydrogen-bond acceptors (Lipinski definition) is 7. The number of aryl methyl sites for hydroxylation is 2. The van der Waals surface area contributed by atoms with Crippen LogP contribution in [0.25, 0.3) is 6.08 Å². The highest BCUT2D eigenvalue weighted by atomic mass is 35.5. The van der Waals surface area contributed by atoms with E-state index in [-0.39, 0.29) is 29.0 Å². The summed E-state index contributed by atoms with van der Waals surface area (Å²) >= 11 is 7.01. The molecule has 0 saturated carbocycles. The highest BCUT2D eigenvalue weighted by Crippen LogP contribution is 2.33. The van der Waals surface area contributed by atoms with Gasteiger partial charge in [-0.25, -0.2) is 0 Å². The smallest absolute Gasteiger partial charge is 0.326 e. The minimum Gasteiger partial charge on any atom is -0.482 e. The lowest BCUT2D eigenvalue weighted by Gasteiger charge is -2.11. The second-order valence-corrected chi connectivity index (χ2v) is 8.82. The van der Waals surface area contributed by atoms with Crippen LogP contribution in [0.3, 0.4) is 0 Å². The fraction of sp³-hybridized carbons (Fsp3) is 0.250. The minimum atomic E-state index is -0.655. The topological polar surface area (TPSA) is 102 Å². The Bertz CT molecular complexity index is 1180. The van der Waals surface area contributed by atoms with E-state index in [2.05, 4.69) is 5.32 Å². The molecule has 10 heteroatoms. The highest BCUT2D eigenvalue weighted by molar-refractivity contribution is 8.18. The lowest BCUT2D eigenvalue weighted by Crippen LogP contribution is -2.34. The molecule has 1 fully saturated rings. The molecular formula is C24H23ClN2O6S. The molecule has 34 heavy (non-hydrogen) atoms. The molecule has 1 saturated heterocycles. The molecule has 0 radical (unpaired) electrons. The van der Waals surface area contributed by atoms with Gasteiger partial charge in [0.05, 0.1) is 16.5 Å². The zero-order chi connectivity index (χ0) is 24.8. The van der Waals surface area contributed by atoms with Gasteiger partial charge in [-0.3, -0.25) is 24.1 Å². The SMILES string of the molecule is CCOC(=O)CN1C(=O)S/C(=C\c2ccc(OCC(=O)Nc3cc(C)ccc3C)c(Cl)c2)C1=O. The molecule has 1 N–H and O–H groups in total. The summed E-state index contributed by atoms with van der Waals surface area (Å²) in [6.07, 6.45) is 1.50. The van der Waals surface area contributed by atoms with Crippen molar-refractivity contribution in [2.24, 2.45) is 0 Å². The van der Waals surface area contributed by atoms with Gasteiger partial charge in [0, 0.05) is 5.69 Å². The molecule has 1 aliphatic rings. The second kappa shape index (κ2) is 11.2. The third-order valence-electron chi connectivity index (χ3n) is 4.75. The number of hydrogen-bond donors (Lipinski definition) is 1. The summed E-state index contributed by atoms with van der Waals surface area (Å²) in [6, 6.07) is 10.5.